The normalized spacial score (nSPS) is 59.9. The first kappa shape index (κ1) is 37.4. The van der Waals surface area contributed by atoms with E-state index in [1.165, 1.54) is 25.7 Å². The molecular formula is C39H64O12. The average molecular weight is 725 g/mol. The molecule has 0 aromatic carbocycles. The molecule has 0 aromatic heterocycles. The fourth-order valence-corrected chi connectivity index (χ4v) is 13.1. The van der Waals surface area contributed by atoms with Crippen LogP contribution in [0.4, 0.5) is 0 Å². The molecule has 12 heteroatoms. The minimum Gasteiger partial charge on any atom is -0.394 e. The van der Waals surface area contributed by atoms with E-state index >= 15 is 0 Å². The molecule has 0 amide bonds. The van der Waals surface area contributed by atoms with Crippen LogP contribution in [0.1, 0.15) is 98.8 Å². The van der Waals surface area contributed by atoms with Crippen molar-refractivity contribution in [3.05, 3.63) is 0 Å². The Kier molecular flexibility index (Phi) is 10.00. The molecule has 8 aliphatic rings. The Labute approximate surface area is 302 Å². The molecule has 4 heterocycles. The summed E-state index contributed by atoms with van der Waals surface area (Å²) in [6.45, 7) is 11.7. The van der Waals surface area contributed by atoms with E-state index < -0.39 is 68.0 Å². The highest BCUT2D eigenvalue weighted by molar-refractivity contribution is 5.15. The second kappa shape index (κ2) is 13.6. The average Bonchev–Trinajstić information content (AvgIpc) is 3.56. The van der Waals surface area contributed by atoms with Gasteiger partial charge in [-0.1, -0.05) is 27.7 Å². The van der Waals surface area contributed by atoms with Crippen molar-refractivity contribution < 1.29 is 59.1 Å². The lowest BCUT2D eigenvalue weighted by Crippen LogP contribution is -2.64. The van der Waals surface area contributed by atoms with Gasteiger partial charge in [0.2, 0.25) is 0 Å². The molecule has 51 heavy (non-hydrogen) atoms. The topological polar surface area (TPSA) is 177 Å². The highest BCUT2D eigenvalue weighted by Gasteiger charge is 2.69. The van der Waals surface area contributed by atoms with E-state index in [4.69, 9.17) is 28.4 Å². The maximum absolute atomic E-state index is 11.1. The number of aliphatic hydroxyl groups is 6. The maximum Gasteiger partial charge on any atom is 0.187 e. The lowest BCUT2D eigenvalue weighted by Gasteiger charge is -2.61. The van der Waals surface area contributed by atoms with Crippen LogP contribution in [0.2, 0.25) is 0 Å². The van der Waals surface area contributed by atoms with Gasteiger partial charge in [-0.05, 0) is 111 Å². The van der Waals surface area contributed by atoms with Gasteiger partial charge < -0.3 is 59.1 Å². The van der Waals surface area contributed by atoms with Crippen LogP contribution in [0.25, 0.3) is 0 Å². The molecule has 0 aromatic rings. The first-order valence-electron chi connectivity index (χ1n) is 20.2. The van der Waals surface area contributed by atoms with Crippen molar-refractivity contribution in [2.24, 2.45) is 52.3 Å². The van der Waals surface area contributed by atoms with Crippen molar-refractivity contribution in [1.29, 1.82) is 0 Å². The summed E-state index contributed by atoms with van der Waals surface area (Å²) in [6, 6.07) is 0. The Morgan fingerprint density at radius 1 is 0.706 bits per heavy atom. The Bertz CT molecular complexity index is 1240. The van der Waals surface area contributed by atoms with Gasteiger partial charge in [0.1, 0.15) is 42.7 Å². The molecule has 0 unspecified atom stereocenters. The van der Waals surface area contributed by atoms with Crippen LogP contribution in [0.5, 0.6) is 0 Å². The Hall–Kier alpha value is -0.480. The molecule has 4 saturated carbocycles. The molecular weight excluding hydrogens is 660 g/mol. The van der Waals surface area contributed by atoms with Gasteiger partial charge >= 0.3 is 0 Å². The summed E-state index contributed by atoms with van der Waals surface area (Å²) in [5, 5.41) is 62.7. The minimum absolute atomic E-state index is 0.150. The predicted molar refractivity (Wildman–Crippen MR) is 182 cm³/mol. The van der Waals surface area contributed by atoms with Gasteiger partial charge in [-0.15, -0.1) is 0 Å². The van der Waals surface area contributed by atoms with Gasteiger partial charge in [0.15, 0.2) is 18.4 Å². The largest absolute Gasteiger partial charge is 0.394 e. The Balaban J connectivity index is 0.934. The fourth-order valence-electron chi connectivity index (χ4n) is 13.1. The molecule has 8 fully saturated rings. The van der Waals surface area contributed by atoms with Gasteiger partial charge in [0.05, 0.1) is 31.5 Å². The van der Waals surface area contributed by atoms with Gasteiger partial charge in [-0.3, -0.25) is 0 Å². The molecule has 1 spiro atoms. The number of rotatable bonds is 5. The molecule has 4 aliphatic carbocycles. The quantitative estimate of drug-likeness (QED) is 0.229. The fraction of sp³-hybridized carbons (Fsp3) is 1.00. The zero-order valence-electron chi connectivity index (χ0n) is 31.1. The second-order valence-corrected chi connectivity index (χ2v) is 18.7. The number of aliphatic hydroxyl groups excluding tert-OH is 6. The van der Waals surface area contributed by atoms with Gasteiger partial charge in [0, 0.05) is 12.3 Å². The van der Waals surface area contributed by atoms with Gasteiger partial charge in [-0.2, -0.15) is 0 Å². The summed E-state index contributed by atoms with van der Waals surface area (Å²) < 4.78 is 37.7. The third kappa shape index (κ3) is 5.91. The highest BCUT2D eigenvalue weighted by atomic mass is 16.8. The zero-order chi connectivity index (χ0) is 36.2. The first-order chi connectivity index (χ1) is 24.2. The number of hydrogen-bond acceptors (Lipinski definition) is 12. The SMILES string of the molecule is C[C@H]1CC[C@@]2(OC1)O[C@H]1C[C@H]3[C@@H]4CC[C@@H]5C[C@@H](O[C@@H]6O[C@@H](C)[C@H](O)[C@@H](O)[C@H]6O[C@@H]6O[C@H](CO)[C@@H](O)[C@H](O)[C@H]6O)CC[C@]5(C)[C@H]4CC[C@]3(C)[C@H]1[C@@H]2C. The van der Waals surface area contributed by atoms with E-state index in [1.807, 2.05) is 0 Å². The zero-order valence-corrected chi connectivity index (χ0v) is 31.1. The number of ether oxygens (including phenoxy) is 6. The van der Waals surface area contributed by atoms with Crippen molar-refractivity contribution in [3.8, 4) is 0 Å². The Morgan fingerprint density at radius 3 is 2.20 bits per heavy atom. The van der Waals surface area contributed by atoms with E-state index in [0.29, 0.717) is 47.5 Å². The first-order valence-corrected chi connectivity index (χ1v) is 20.2. The summed E-state index contributed by atoms with van der Waals surface area (Å²) in [5.74, 6) is 3.70. The standard InChI is InChI=1S/C39H64O12/c1-18-8-13-39(46-17-18)19(2)28-26(51-39)15-25-23-7-6-21-14-22(9-11-37(21,4)24(23)10-12-38(25,28)5)48-36-34(32(44)29(41)20(3)47-36)50-35-33(45)31(43)30(42)27(16-40)49-35/h18-36,40-45H,6-17H2,1-5H3/t18-,19-,20-,21+,22-,23+,24-,25-,26-,27+,28-,29-,30+,31-,32+,33+,34+,35-,36-,37-,38-,39+/m0/s1. The molecule has 292 valence electrons. The van der Waals surface area contributed by atoms with Crippen molar-refractivity contribution in [1.82, 2.24) is 0 Å². The lowest BCUT2D eigenvalue weighted by atomic mass is 9.44. The van der Waals surface area contributed by atoms with Crippen LogP contribution < -0.4 is 0 Å². The molecule has 0 radical (unpaired) electrons. The molecule has 22 atom stereocenters. The van der Waals surface area contributed by atoms with Crippen molar-refractivity contribution in [3.63, 3.8) is 0 Å². The second-order valence-electron chi connectivity index (χ2n) is 18.7. The molecule has 6 N–H and O–H groups in total. The lowest BCUT2D eigenvalue weighted by molar-refractivity contribution is -0.370. The smallest absolute Gasteiger partial charge is 0.187 e. The van der Waals surface area contributed by atoms with E-state index in [2.05, 4.69) is 27.7 Å². The van der Waals surface area contributed by atoms with Crippen LogP contribution in [-0.4, -0.2) is 123 Å². The monoisotopic (exact) mass is 724 g/mol. The summed E-state index contributed by atoms with van der Waals surface area (Å²) in [7, 11) is 0. The van der Waals surface area contributed by atoms with Crippen LogP contribution in [0.15, 0.2) is 0 Å². The van der Waals surface area contributed by atoms with Crippen LogP contribution in [0.3, 0.4) is 0 Å². The summed E-state index contributed by atoms with van der Waals surface area (Å²) in [6.07, 6.45) is -2.17. The molecule has 4 aliphatic heterocycles. The van der Waals surface area contributed by atoms with Crippen molar-refractivity contribution >= 4 is 0 Å². The molecule has 12 nitrogen and oxygen atoms in total. The third-order valence-corrected chi connectivity index (χ3v) is 16.1. The molecule has 8 rings (SSSR count). The van der Waals surface area contributed by atoms with E-state index in [1.54, 1.807) is 6.92 Å². The highest BCUT2D eigenvalue weighted by Crippen LogP contribution is 2.71. The van der Waals surface area contributed by atoms with E-state index in [9.17, 15) is 30.6 Å². The van der Waals surface area contributed by atoms with E-state index in [-0.39, 0.29) is 22.7 Å². The van der Waals surface area contributed by atoms with Crippen LogP contribution in [-0.2, 0) is 28.4 Å². The van der Waals surface area contributed by atoms with Gasteiger partial charge in [-0.25, -0.2) is 0 Å². The van der Waals surface area contributed by atoms with Crippen LogP contribution >= 0.6 is 0 Å². The maximum atomic E-state index is 11.1. The van der Waals surface area contributed by atoms with E-state index in [0.717, 1.165) is 45.1 Å². The molecule has 4 saturated heterocycles. The van der Waals surface area contributed by atoms with Crippen molar-refractivity contribution in [2.45, 2.75) is 178 Å². The minimum atomic E-state index is -1.66. The number of hydrogen-bond donors (Lipinski definition) is 6. The third-order valence-electron chi connectivity index (χ3n) is 16.1. The summed E-state index contributed by atoms with van der Waals surface area (Å²) in [4.78, 5) is 0. The summed E-state index contributed by atoms with van der Waals surface area (Å²) >= 11 is 0. The molecule has 0 bridgehead atoms. The predicted octanol–water partition coefficient (Wildman–Crippen LogP) is 2.47. The Morgan fingerprint density at radius 2 is 1.47 bits per heavy atom. The van der Waals surface area contributed by atoms with Crippen molar-refractivity contribution in [2.75, 3.05) is 13.2 Å². The number of fused-ring (bicyclic) bond motifs is 7. The van der Waals surface area contributed by atoms with Crippen LogP contribution in [0, 0.1) is 52.3 Å². The summed E-state index contributed by atoms with van der Waals surface area (Å²) in [5.41, 5.74) is 0.488. The van der Waals surface area contributed by atoms with Gasteiger partial charge in [0.25, 0.3) is 0 Å².